The van der Waals surface area contributed by atoms with Crippen LogP contribution in [0.25, 0.3) is 27.7 Å². The average Bonchev–Trinajstić information content (AvgIpc) is 3.55. The lowest BCUT2D eigenvalue weighted by molar-refractivity contribution is -0.122. The highest BCUT2D eigenvalue weighted by molar-refractivity contribution is 6.49. The number of rotatable bonds is 2. The Morgan fingerprint density at radius 1 is 0.946 bits per heavy atom. The Balaban J connectivity index is 1.34. The summed E-state index contributed by atoms with van der Waals surface area (Å²) in [5.41, 5.74) is 4.85. The molecule has 0 atom stereocenters. The number of hydrogen-bond donors (Lipinski definition) is 2. The number of carbonyl (C=O) groups excluding carboxylic acids is 2. The van der Waals surface area contributed by atoms with E-state index in [0.717, 1.165) is 35.1 Å². The third-order valence-electron chi connectivity index (χ3n) is 7.44. The molecule has 7 rings (SSSR count). The third-order valence-corrected chi connectivity index (χ3v) is 7.44. The van der Waals surface area contributed by atoms with Crippen LogP contribution in [-0.2, 0) is 27.4 Å². The molecule has 1 saturated heterocycles. The highest BCUT2D eigenvalue weighted by Gasteiger charge is 2.36. The molecule has 3 aliphatic rings. The molecule has 10 nitrogen and oxygen atoms in total. The minimum Gasteiger partial charge on any atom is -0.378 e. The van der Waals surface area contributed by atoms with Gasteiger partial charge in [-0.15, -0.1) is 0 Å². The number of nitrogens with zero attached hydrogens (tertiary/aromatic N) is 5. The van der Waals surface area contributed by atoms with Crippen LogP contribution >= 0.6 is 0 Å². The van der Waals surface area contributed by atoms with Crippen LogP contribution in [-0.4, -0.2) is 74.4 Å². The van der Waals surface area contributed by atoms with Gasteiger partial charge in [0, 0.05) is 56.1 Å². The van der Waals surface area contributed by atoms with E-state index in [0.29, 0.717) is 61.3 Å². The van der Waals surface area contributed by atoms with Crippen LogP contribution in [0.4, 0.5) is 0 Å². The molecule has 3 aromatic heterocycles. The van der Waals surface area contributed by atoms with Gasteiger partial charge >= 0.3 is 0 Å². The molecule has 0 bridgehead atoms. The van der Waals surface area contributed by atoms with Crippen LogP contribution in [0.1, 0.15) is 16.8 Å². The van der Waals surface area contributed by atoms with Crippen LogP contribution in [0.5, 0.6) is 0 Å². The predicted molar refractivity (Wildman–Crippen MR) is 138 cm³/mol. The van der Waals surface area contributed by atoms with Gasteiger partial charge in [0.1, 0.15) is 5.65 Å². The van der Waals surface area contributed by atoms with Gasteiger partial charge in [-0.2, -0.15) is 0 Å². The second-order valence-electron chi connectivity index (χ2n) is 9.50. The van der Waals surface area contributed by atoms with E-state index >= 15 is 0 Å². The zero-order chi connectivity index (χ0) is 25.1. The summed E-state index contributed by atoms with van der Waals surface area (Å²) in [5, 5.41) is 12.2. The Bertz CT molecular complexity index is 1640. The van der Waals surface area contributed by atoms with Crippen molar-refractivity contribution in [1.29, 1.82) is 5.41 Å². The molecule has 0 spiro atoms. The molecule has 10 heteroatoms. The average molecular weight is 496 g/mol. The fourth-order valence-electron chi connectivity index (χ4n) is 5.68. The maximum absolute atomic E-state index is 13.2. The molecule has 186 valence electrons. The van der Waals surface area contributed by atoms with E-state index in [2.05, 4.69) is 30.7 Å². The summed E-state index contributed by atoms with van der Waals surface area (Å²) in [6.07, 6.45) is 5.47. The molecule has 0 radical (unpaired) electrons. The lowest BCUT2D eigenvalue weighted by Crippen LogP contribution is -2.48. The number of fused-ring (bicyclic) bond motifs is 1. The number of nitrogens with one attached hydrogen (secondary N) is 2. The zero-order valence-electron chi connectivity index (χ0n) is 20.1. The maximum Gasteiger partial charge on any atom is 0.261 e. The molecule has 0 saturated carbocycles. The van der Waals surface area contributed by atoms with Crippen molar-refractivity contribution in [2.24, 2.45) is 0 Å². The number of imide groups is 1. The molecule has 6 heterocycles. The van der Waals surface area contributed by atoms with Gasteiger partial charge in [-0.3, -0.25) is 24.7 Å². The molecule has 4 aromatic rings. The zero-order valence-corrected chi connectivity index (χ0v) is 20.1. The molecule has 37 heavy (non-hydrogen) atoms. The van der Waals surface area contributed by atoms with Crippen LogP contribution < -0.4 is 5.32 Å². The van der Waals surface area contributed by atoms with Crippen molar-refractivity contribution in [1.82, 2.24) is 29.1 Å². The fourth-order valence-corrected chi connectivity index (χ4v) is 5.68. The summed E-state index contributed by atoms with van der Waals surface area (Å²) >= 11 is 0. The number of ether oxygens (including phenoxy) is 1. The minimum absolute atomic E-state index is 0.334. The van der Waals surface area contributed by atoms with Gasteiger partial charge in [0.25, 0.3) is 11.8 Å². The quantitative estimate of drug-likeness (QED) is 0.250. The minimum atomic E-state index is -0.417. The molecule has 2 N–H and O–H groups in total. The maximum atomic E-state index is 13.2. The number of aromatic nitrogens is 3. The van der Waals surface area contributed by atoms with Crippen molar-refractivity contribution in [2.75, 3.05) is 32.8 Å². The van der Waals surface area contributed by atoms with Crippen molar-refractivity contribution in [3.63, 3.8) is 0 Å². The van der Waals surface area contributed by atoms with E-state index in [1.165, 1.54) is 0 Å². The summed E-state index contributed by atoms with van der Waals surface area (Å²) in [7, 11) is 0. The molecule has 0 aliphatic carbocycles. The van der Waals surface area contributed by atoms with Gasteiger partial charge in [-0.1, -0.05) is 24.3 Å². The Morgan fingerprint density at radius 2 is 1.78 bits per heavy atom. The molecule has 1 fully saturated rings. The summed E-state index contributed by atoms with van der Waals surface area (Å²) in [5.74, 6) is -0.298. The number of carbonyl (C=O) groups is 2. The number of imidazole rings is 1. The van der Waals surface area contributed by atoms with Gasteiger partial charge < -0.3 is 19.1 Å². The second kappa shape index (κ2) is 8.31. The highest BCUT2D eigenvalue weighted by Crippen LogP contribution is 2.38. The number of pyridine rings is 1. The van der Waals surface area contributed by atoms with Gasteiger partial charge in [0.15, 0.2) is 5.96 Å². The first-order chi connectivity index (χ1) is 18.1. The van der Waals surface area contributed by atoms with E-state index in [1.54, 1.807) is 6.20 Å². The molecule has 3 aliphatic heterocycles. The largest absolute Gasteiger partial charge is 0.378 e. The highest BCUT2D eigenvalue weighted by atomic mass is 16.5. The van der Waals surface area contributed by atoms with Crippen LogP contribution in [0, 0.1) is 5.41 Å². The van der Waals surface area contributed by atoms with Gasteiger partial charge in [-0.25, -0.2) is 4.98 Å². The van der Waals surface area contributed by atoms with E-state index in [1.807, 2.05) is 47.1 Å². The monoisotopic (exact) mass is 495 g/mol. The van der Waals surface area contributed by atoms with Crippen molar-refractivity contribution < 1.29 is 14.3 Å². The first kappa shape index (κ1) is 21.8. The topological polar surface area (TPSA) is 108 Å². The Hall–Kier alpha value is -4.44. The van der Waals surface area contributed by atoms with Gasteiger partial charge in [-0.05, 0) is 17.7 Å². The first-order valence-corrected chi connectivity index (χ1v) is 12.4. The number of amides is 2. The Morgan fingerprint density at radius 3 is 2.65 bits per heavy atom. The molecular formula is C27H25N7O3. The SMILES string of the molecule is N=C(N1CCOCC1)N1CCn2cc(C3=C(c4cnc5ccccn45)C(=O)NC3=O)c3cccc(c32)C1. The van der Waals surface area contributed by atoms with E-state index < -0.39 is 11.8 Å². The van der Waals surface area contributed by atoms with E-state index in [9.17, 15) is 9.59 Å². The lowest BCUT2D eigenvalue weighted by Gasteiger charge is -2.35. The second-order valence-corrected chi connectivity index (χ2v) is 9.50. The summed E-state index contributed by atoms with van der Waals surface area (Å²) in [6.45, 7) is 4.64. The lowest BCUT2D eigenvalue weighted by atomic mass is 9.98. The number of hydrogen-bond acceptors (Lipinski definition) is 5. The number of guanidine groups is 1. The Kier molecular flexibility index (Phi) is 4.90. The van der Waals surface area contributed by atoms with Gasteiger partial charge in [0.05, 0.1) is 41.8 Å². The van der Waals surface area contributed by atoms with Crippen molar-refractivity contribution in [3.05, 3.63) is 71.8 Å². The summed E-state index contributed by atoms with van der Waals surface area (Å²) in [6, 6.07) is 11.7. The first-order valence-electron chi connectivity index (χ1n) is 12.4. The molecule has 0 unspecified atom stereocenters. The van der Waals surface area contributed by atoms with Crippen molar-refractivity contribution >= 4 is 45.5 Å². The Labute approximate surface area is 212 Å². The van der Waals surface area contributed by atoms with Crippen LogP contribution in [0.15, 0.2) is 55.0 Å². The fraction of sp³-hybridized carbons (Fsp3) is 0.259. The number of benzene rings is 1. The van der Waals surface area contributed by atoms with Crippen LogP contribution in [0.2, 0.25) is 0 Å². The van der Waals surface area contributed by atoms with E-state index in [-0.39, 0.29) is 0 Å². The van der Waals surface area contributed by atoms with Crippen LogP contribution in [0.3, 0.4) is 0 Å². The van der Waals surface area contributed by atoms with Crippen molar-refractivity contribution in [3.8, 4) is 0 Å². The molecule has 1 aromatic carbocycles. The number of para-hydroxylation sites is 1. The standard InChI is InChI=1S/C27H25N7O3/c28-27(31-10-12-37-13-11-31)33-9-8-32-16-19(18-5-3-4-17(15-33)24(18)32)22-23(26(36)30-25(22)35)20-14-29-21-6-1-2-7-34(20)21/h1-7,14,16,28H,8-13,15H2,(H,30,35,36). The summed E-state index contributed by atoms with van der Waals surface area (Å²) in [4.78, 5) is 34.8. The molecular weight excluding hydrogens is 470 g/mol. The number of morpholine rings is 1. The third kappa shape index (κ3) is 3.36. The summed E-state index contributed by atoms with van der Waals surface area (Å²) < 4.78 is 9.44. The predicted octanol–water partition coefficient (Wildman–Crippen LogP) is 1.94. The van der Waals surface area contributed by atoms with Gasteiger partial charge in [0.2, 0.25) is 0 Å². The molecule has 2 amide bonds. The van der Waals surface area contributed by atoms with Crippen molar-refractivity contribution in [2.45, 2.75) is 13.1 Å². The normalized spacial score (nSPS) is 18.2. The van der Waals surface area contributed by atoms with E-state index in [4.69, 9.17) is 10.1 Å². The smallest absolute Gasteiger partial charge is 0.261 e.